The summed E-state index contributed by atoms with van der Waals surface area (Å²) in [5.41, 5.74) is 1.89. The number of nitrogens with zero attached hydrogens (tertiary/aromatic N) is 2. The van der Waals surface area contributed by atoms with Crippen molar-refractivity contribution in [1.29, 1.82) is 0 Å². The van der Waals surface area contributed by atoms with Crippen molar-refractivity contribution in [2.45, 2.75) is 19.3 Å². The lowest BCUT2D eigenvalue weighted by Crippen LogP contribution is -2.43. The van der Waals surface area contributed by atoms with Crippen LogP contribution in [0, 0.1) is 5.92 Å². The van der Waals surface area contributed by atoms with Crippen LogP contribution >= 0.6 is 34.3 Å². The summed E-state index contributed by atoms with van der Waals surface area (Å²) in [5.74, 6) is -0.0103. The first-order chi connectivity index (χ1) is 13.6. The molecule has 28 heavy (non-hydrogen) atoms. The van der Waals surface area contributed by atoms with E-state index in [-0.39, 0.29) is 16.6 Å². The molecule has 1 unspecified atom stereocenters. The molecule has 1 saturated heterocycles. The van der Waals surface area contributed by atoms with Gasteiger partial charge in [0.05, 0.1) is 11.4 Å². The molecule has 1 fully saturated rings. The van der Waals surface area contributed by atoms with E-state index in [4.69, 9.17) is 11.6 Å². The van der Waals surface area contributed by atoms with E-state index < -0.39 is 0 Å². The summed E-state index contributed by atoms with van der Waals surface area (Å²) in [4.78, 5) is 31.6. The number of nitrogens with one attached hydrogen (secondary N) is 1. The number of aromatic nitrogens is 1. The normalized spacial score (nSPS) is 17.0. The second-order valence-electron chi connectivity index (χ2n) is 6.87. The summed E-state index contributed by atoms with van der Waals surface area (Å²) >= 11 is 8.50. The Kier molecular flexibility index (Phi) is 5.94. The molecule has 5 nitrogen and oxygen atoms in total. The first kappa shape index (κ1) is 19.4. The third-order valence-corrected chi connectivity index (χ3v) is 7.12. The fraction of sp³-hybridized carbons (Fsp3) is 0.350. The molecule has 0 aliphatic carbocycles. The van der Waals surface area contributed by atoms with Crippen LogP contribution in [0.2, 0.25) is 5.02 Å². The molecule has 0 radical (unpaired) electrons. The van der Waals surface area contributed by atoms with Crippen molar-refractivity contribution in [3.05, 3.63) is 55.8 Å². The van der Waals surface area contributed by atoms with Crippen molar-refractivity contribution in [3.8, 4) is 0 Å². The smallest absolute Gasteiger partial charge is 0.255 e. The number of amides is 1. The molecule has 3 aromatic rings. The van der Waals surface area contributed by atoms with Crippen LogP contribution in [-0.2, 0) is 11.2 Å². The second kappa shape index (κ2) is 8.59. The summed E-state index contributed by atoms with van der Waals surface area (Å²) < 4.78 is 0.756. The summed E-state index contributed by atoms with van der Waals surface area (Å²) in [6.45, 7) is 2.03. The second-order valence-corrected chi connectivity index (χ2v) is 9.16. The number of anilines is 1. The Hall–Kier alpha value is -1.96. The highest BCUT2D eigenvalue weighted by Gasteiger charge is 2.27. The minimum Gasteiger partial charge on any atom is -0.355 e. The van der Waals surface area contributed by atoms with Crippen molar-refractivity contribution < 1.29 is 4.79 Å². The number of carbonyl (C=O) groups is 1. The fourth-order valence-corrected chi connectivity index (χ4v) is 5.29. The SMILES string of the molecule is O=C(NCCc1ccc(Cl)cc1)C1CCCN(c2nc3ccsc3c(=O)s2)C1. The molecule has 0 spiro atoms. The van der Waals surface area contributed by atoms with Gasteiger partial charge in [-0.2, -0.15) is 0 Å². The monoisotopic (exact) mass is 433 g/mol. The summed E-state index contributed by atoms with van der Waals surface area (Å²) in [6, 6.07) is 9.55. The number of thiophene rings is 1. The highest BCUT2D eigenvalue weighted by atomic mass is 35.5. The van der Waals surface area contributed by atoms with Gasteiger partial charge in [-0.05, 0) is 48.4 Å². The molecular weight excluding hydrogens is 414 g/mol. The molecule has 1 aliphatic heterocycles. The predicted octanol–water partition coefficient (Wildman–Crippen LogP) is 3.95. The molecular formula is C20H20ClN3O2S2. The Morgan fingerprint density at radius 3 is 2.93 bits per heavy atom. The van der Waals surface area contributed by atoms with Gasteiger partial charge in [0.15, 0.2) is 5.13 Å². The van der Waals surface area contributed by atoms with Gasteiger partial charge in [0.2, 0.25) is 5.91 Å². The number of rotatable bonds is 5. The number of benzene rings is 1. The highest BCUT2D eigenvalue weighted by Crippen LogP contribution is 2.26. The first-order valence-corrected chi connectivity index (χ1v) is 11.3. The zero-order chi connectivity index (χ0) is 19.5. The van der Waals surface area contributed by atoms with Crippen LogP contribution in [0.5, 0.6) is 0 Å². The molecule has 1 N–H and O–H groups in total. The number of hydrogen-bond acceptors (Lipinski definition) is 6. The van der Waals surface area contributed by atoms with E-state index in [1.54, 1.807) is 0 Å². The van der Waals surface area contributed by atoms with Gasteiger partial charge in [0.25, 0.3) is 4.74 Å². The molecule has 1 atom stereocenters. The van der Waals surface area contributed by atoms with Crippen LogP contribution in [-0.4, -0.2) is 30.5 Å². The van der Waals surface area contributed by atoms with Crippen molar-refractivity contribution in [1.82, 2.24) is 10.3 Å². The van der Waals surface area contributed by atoms with E-state index in [2.05, 4.69) is 15.2 Å². The lowest BCUT2D eigenvalue weighted by atomic mass is 9.97. The Labute approximate surface area is 176 Å². The van der Waals surface area contributed by atoms with E-state index >= 15 is 0 Å². The van der Waals surface area contributed by atoms with Crippen molar-refractivity contribution in [2.24, 2.45) is 5.92 Å². The molecule has 0 bridgehead atoms. The number of piperidine rings is 1. The molecule has 1 amide bonds. The number of halogens is 1. The van der Waals surface area contributed by atoms with Crippen LogP contribution in [0.25, 0.3) is 10.2 Å². The van der Waals surface area contributed by atoms with Gasteiger partial charge in [-0.25, -0.2) is 4.98 Å². The molecule has 2 aromatic heterocycles. The lowest BCUT2D eigenvalue weighted by molar-refractivity contribution is -0.125. The summed E-state index contributed by atoms with van der Waals surface area (Å²) in [6.07, 6.45) is 2.55. The summed E-state index contributed by atoms with van der Waals surface area (Å²) in [5, 5.41) is 6.37. The van der Waals surface area contributed by atoms with Crippen molar-refractivity contribution in [3.63, 3.8) is 0 Å². The molecule has 8 heteroatoms. The maximum atomic E-state index is 12.6. The lowest BCUT2D eigenvalue weighted by Gasteiger charge is -2.32. The van der Waals surface area contributed by atoms with E-state index in [0.717, 1.165) is 42.0 Å². The molecule has 0 saturated carbocycles. The quantitative estimate of drug-likeness (QED) is 0.661. The highest BCUT2D eigenvalue weighted by molar-refractivity contribution is 7.21. The Morgan fingerprint density at radius 2 is 2.11 bits per heavy atom. The van der Waals surface area contributed by atoms with Gasteiger partial charge in [-0.15, -0.1) is 11.3 Å². The predicted molar refractivity (Wildman–Crippen MR) is 117 cm³/mol. The zero-order valence-electron chi connectivity index (χ0n) is 15.2. The number of carbonyl (C=O) groups excluding carboxylic acids is 1. The average Bonchev–Trinajstić information content (AvgIpc) is 3.19. The van der Waals surface area contributed by atoms with Crippen LogP contribution < -0.4 is 15.0 Å². The zero-order valence-corrected chi connectivity index (χ0v) is 17.6. The van der Waals surface area contributed by atoms with Crippen LogP contribution in [0.3, 0.4) is 0 Å². The fourth-order valence-electron chi connectivity index (χ4n) is 3.42. The van der Waals surface area contributed by atoms with E-state index in [9.17, 15) is 9.59 Å². The van der Waals surface area contributed by atoms with Gasteiger partial charge in [-0.1, -0.05) is 35.1 Å². The maximum Gasteiger partial charge on any atom is 0.255 e. The molecule has 146 valence electrons. The van der Waals surface area contributed by atoms with E-state index in [1.807, 2.05) is 35.7 Å². The Balaban J connectivity index is 1.36. The molecule has 1 aromatic carbocycles. The minimum atomic E-state index is -0.0822. The average molecular weight is 434 g/mol. The van der Waals surface area contributed by atoms with E-state index in [1.165, 1.54) is 22.7 Å². The van der Waals surface area contributed by atoms with Crippen molar-refractivity contribution >= 4 is 55.5 Å². The molecule has 4 rings (SSSR count). The van der Waals surface area contributed by atoms with Gasteiger partial charge >= 0.3 is 0 Å². The number of fused-ring (bicyclic) bond motifs is 1. The van der Waals surface area contributed by atoms with Gasteiger partial charge in [-0.3, -0.25) is 9.59 Å². The maximum absolute atomic E-state index is 12.6. The standard InChI is InChI=1S/C20H20ClN3O2S2/c21-15-5-3-13(4-6-15)7-9-22-18(25)14-2-1-10-24(12-14)20-23-16-8-11-27-17(16)19(26)28-20/h3-6,8,11,14H,1-2,7,9-10,12H2,(H,22,25). The van der Waals surface area contributed by atoms with Gasteiger partial charge in [0, 0.05) is 24.7 Å². The number of hydrogen-bond donors (Lipinski definition) is 1. The third kappa shape index (κ3) is 4.37. The topological polar surface area (TPSA) is 62.3 Å². The van der Waals surface area contributed by atoms with Gasteiger partial charge in [0.1, 0.15) is 4.70 Å². The Bertz CT molecular complexity index is 1030. The van der Waals surface area contributed by atoms with Gasteiger partial charge < -0.3 is 10.2 Å². The first-order valence-electron chi connectivity index (χ1n) is 9.25. The van der Waals surface area contributed by atoms with Crippen LogP contribution in [0.15, 0.2) is 40.5 Å². The molecule has 3 heterocycles. The Morgan fingerprint density at radius 1 is 1.29 bits per heavy atom. The minimum absolute atomic E-state index is 0.0459. The molecule has 1 aliphatic rings. The summed E-state index contributed by atoms with van der Waals surface area (Å²) in [7, 11) is 0. The van der Waals surface area contributed by atoms with E-state index in [0.29, 0.717) is 22.8 Å². The largest absolute Gasteiger partial charge is 0.355 e. The third-order valence-electron chi connectivity index (χ3n) is 4.92. The van der Waals surface area contributed by atoms with Crippen molar-refractivity contribution in [2.75, 3.05) is 24.5 Å². The van der Waals surface area contributed by atoms with Crippen LogP contribution in [0.1, 0.15) is 18.4 Å². The van der Waals surface area contributed by atoms with Crippen LogP contribution in [0.4, 0.5) is 5.13 Å².